The van der Waals surface area contributed by atoms with E-state index >= 15 is 0 Å². The van der Waals surface area contributed by atoms with Crippen LogP contribution in [0.4, 0.5) is 0 Å². The quantitative estimate of drug-likeness (QED) is 0.701. The van der Waals surface area contributed by atoms with Crippen LogP contribution in [0.25, 0.3) is 0 Å². The maximum Gasteiger partial charge on any atom is 0.335 e. The van der Waals surface area contributed by atoms with Crippen LogP contribution in [0.3, 0.4) is 0 Å². The number of rotatable bonds is 6. The normalized spacial score (nSPS) is 11.5. The number of carboxylic acid groups (broad SMARTS) is 1. The first kappa shape index (κ1) is 13.7. The predicted molar refractivity (Wildman–Crippen MR) is 66.0 cm³/mol. The van der Waals surface area contributed by atoms with E-state index < -0.39 is 5.97 Å². The van der Waals surface area contributed by atoms with Crippen molar-refractivity contribution in [3.05, 3.63) is 35.4 Å². The summed E-state index contributed by atoms with van der Waals surface area (Å²) in [5.41, 5.74) is 1.06. The van der Waals surface area contributed by atoms with Gasteiger partial charge in [-0.2, -0.15) is 0 Å². The average Bonchev–Trinajstić information content (AvgIpc) is 2.29. The van der Waals surface area contributed by atoms with Gasteiger partial charge < -0.3 is 15.5 Å². The fourth-order valence-corrected chi connectivity index (χ4v) is 1.42. The molecule has 94 valence electrons. The lowest BCUT2D eigenvalue weighted by molar-refractivity contribution is 0.0696. The fraction of sp³-hybridized carbons (Fsp3) is 0.462. The lowest BCUT2D eigenvalue weighted by Crippen LogP contribution is -2.31. The van der Waals surface area contributed by atoms with Crippen molar-refractivity contribution in [2.45, 2.75) is 20.4 Å². The molecule has 0 spiro atoms. The number of hydrogen-bond donors (Lipinski definition) is 3. The van der Waals surface area contributed by atoms with E-state index in [4.69, 9.17) is 10.2 Å². The van der Waals surface area contributed by atoms with Crippen molar-refractivity contribution in [3.63, 3.8) is 0 Å². The van der Waals surface area contributed by atoms with Crippen molar-refractivity contribution in [3.8, 4) is 0 Å². The molecule has 3 N–H and O–H groups in total. The summed E-state index contributed by atoms with van der Waals surface area (Å²) in [4.78, 5) is 10.8. The minimum atomic E-state index is -0.914. The second-order valence-corrected chi connectivity index (χ2v) is 4.93. The summed E-state index contributed by atoms with van der Waals surface area (Å²) in [6, 6.07) is 6.84. The Morgan fingerprint density at radius 3 is 2.71 bits per heavy atom. The molecule has 1 rings (SSSR count). The first-order chi connectivity index (χ1) is 7.94. The van der Waals surface area contributed by atoms with Gasteiger partial charge in [-0.3, -0.25) is 0 Å². The van der Waals surface area contributed by atoms with Crippen molar-refractivity contribution in [1.29, 1.82) is 0 Å². The molecule has 1 aromatic rings. The molecule has 0 saturated heterocycles. The van der Waals surface area contributed by atoms with E-state index in [-0.39, 0.29) is 12.0 Å². The van der Waals surface area contributed by atoms with Gasteiger partial charge in [0.05, 0.1) is 5.56 Å². The van der Waals surface area contributed by atoms with Gasteiger partial charge in [0.25, 0.3) is 0 Å². The van der Waals surface area contributed by atoms with Crippen LogP contribution in [0.2, 0.25) is 0 Å². The Balaban J connectivity index is 2.52. The molecule has 0 radical (unpaired) electrons. The molecular weight excluding hydrogens is 218 g/mol. The molecule has 0 heterocycles. The molecule has 0 unspecified atom stereocenters. The van der Waals surface area contributed by atoms with Crippen molar-refractivity contribution in [2.75, 3.05) is 13.2 Å². The van der Waals surface area contributed by atoms with E-state index in [0.717, 1.165) is 5.56 Å². The van der Waals surface area contributed by atoms with Gasteiger partial charge in [-0.15, -0.1) is 0 Å². The summed E-state index contributed by atoms with van der Waals surface area (Å²) in [7, 11) is 0. The van der Waals surface area contributed by atoms with E-state index in [0.29, 0.717) is 18.7 Å². The summed E-state index contributed by atoms with van der Waals surface area (Å²) in [6.07, 6.45) is 0. The molecule has 0 fully saturated rings. The minimum Gasteiger partial charge on any atom is -0.478 e. The second kappa shape index (κ2) is 5.80. The van der Waals surface area contributed by atoms with Crippen LogP contribution in [0.15, 0.2) is 24.3 Å². The second-order valence-electron chi connectivity index (χ2n) is 4.93. The third-order valence-electron chi connectivity index (χ3n) is 2.53. The van der Waals surface area contributed by atoms with Gasteiger partial charge in [0, 0.05) is 25.1 Å². The van der Waals surface area contributed by atoms with Gasteiger partial charge in [-0.1, -0.05) is 26.0 Å². The number of benzene rings is 1. The Kier molecular flexibility index (Phi) is 4.66. The van der Waals surface area contributed by atoms with Gasteiger partial charge >= 0.3 is 5.97 Å². The predicted octanol–water partition coefficient (Wildman–Crippen LogP) is 1.49. The first-order valence-corrected chi connectivity index (χ1v) is 5.58. The highest BCUT2D eigenvalue weighted by atomic mass is 16.4. The number of aliphatic hydroxyl groups is 1. The number of aliphatic hydroxyl groups excluding tert-OH is 1. The molecule has 0 saturated carbocycles. The smallest absolute Gasteiger partial charge is 0.335 e. The van der Waals surface area contributed by atoms with Crippen molar-refractivity contribution in [2.24, 2.45) is 5.41 Å². The largest absolute Gasteiger partial charge is 0.478 e. The summed E-state index contributed by atoms with van der Waals surface area (Å²) >= 11 is 0. The van der Waals surface area contributed by atoms with E-state index in [1.54, 1.807) is 18.2 Å². The molecule has 0 aliphatic carbocycles. The molecule has 0 aliphatic rings. The highest BCUT2D eigenvalue weighted by Gasteiger charge is 2.15. The van der Waals surface area contributed by atoms with Crippen molar-refractivity contribution >= 4 is 5.97 Å². The Morgan fingerprint density at radius 1 is 1.41 bits per heavy atom. The molecule has 4 nitrogen and oxygen atoms in total. The zero-order chi connectivity index (χ0) is 12.9. The summed E-state index contributed by atoms with van der Waals surface area (Å²) in [6.45, 7) is 5.34. The zero-order valence-electron chi connectivity index (χ0n) is 10.2. The van der Waals surface area contributed by atoms with Crippen LogP contribution in [-0.4, -0.2) is 29.3 Å². The molecule has 4 heteroatoms. The third kappa shape index (κ3) is 4.54. The minimum absolute atomic E-state index is 0.120. The van der Waals surface area contributed by atoms with Gasteiger partial charge in [-0.25, -0.2) is 4.79 Å². The van der Waals surface area contributed by atoms with E-state index in [1.807, 2.05) is 19.9 Å². The zero-order valence-corrected chi connectivity index (χ0v) is 10.2. The first-order valence-electron chi connectivity index (χ1n) is 5.58. The van der Waals surface area contributed by atoms with Gasteiger partial charge in [0.2, 0.25) is 0 Å². The van der Waals surface area contributed by atoms with Gasteiger partial charge in [-0.05, 0) is 17.7 Å². The SMILES string of the molecule is CC(C)(CO)CNCc1cccc(C(=O)O)c1. The molecule has 0 atom stereocenters. The Bertz CT molecular complexity index is 388. The lowest BCUT2D eigenvalue weighted by atomic mass is 9.95. The summed E-state index contributed by atoms with van der Waals surface area (Å²) < 4.78 is 0. The van der Waals surface area contributed by atoms with E-state index in [2.05, 4.69) is 5.32 Å². The number of carboxylic acids is 1. The molecule has 0 aliphatic heterocycles. The monoisotopic (exact) mass is 237 g/mol. The maximum absolute atomic E-state index is 10.8. The highest BCUT2D eigenvalue weighted by molar-refractivity contribution is 5.87. The molecule has 17 heavy (non-hydrogen) atoms. The van der Waals surface area contributed by atoms with Crippen molar-refractivity contribution in [1.82, 2.24) is 5.32 Å². The highest BCUT2D eigenvalue weighted by Crippen LogP contribution is 2.12. The van der Waals surface area contributed by atoms with Crippen LogP contribution in [0.1, 0.15) is 29.8 Å². The van der Waals surface area contributed by atoms with Gasteiger partial charge in [0.1, 0.15) is 0 Å². The number of carbonyl (C=O) groups is 1. The van der Waals surface area contributed by atoms with Crippen LogP contribution in [0.5, 0.6) is 0 Å². The van der Waals surface area contributed by atoms with Gasteiger partial charge in [0.15, 0.2) is 0 Å². The number of nitrogens with one attached hydrogen (secondary N) is 1. The molecular formula is C13H19NO3. The fourth-order valence-electron chi connectivity index (χ4n) is 1.42. The Labute approximate surface area is 101 Å². The van der Waals surface area contributed by atoms with Crippen LogP contribution in [-0.2, 0) is 6.54 Å². The molecule has 1 aromatic carbocycles. The van der Waals surface area contributed by atoms with Crippen LogP contribution >= 0.6 is 0 Å². The Morgan fingerprint density at radius 2 is 2.12 bits per heavy atom. The van der Waals surface area contributed by atoms with Crippen LogP contribution < -0.4 is 5.32 Å². The van der Waals surface area contributed by atoms with E-state index in [9.17, 15) is 4.79 Å². The number of hydrogen-bond acceptors (Lipinski definition) is 3. The number of aromatic carboxylic acids is 1. The van der Waals surface area contributed by atoms with Crippen molar-refractivity contribution < 1.29 is 15.0 Å². The standard InChI is InChI=1S/C13H19NO3/c1-13(2,9-15)8-14-7-10-4-3-5-11(6-10)12(16)17/h3-6,14-15H,7-9H2,1-2H3,(H,16,17). The average molecular weight is 237 g/mol. The van der Waals surface area contributed by atoms with E-state index in [1.165, 1.54) is 0 Å². The van der Waals surface area contributed by atoms with Crippen LogP contribution in [0, 0.1) is 5.41 Å². The summed E-state index contributed by atoms with van der Waals surface area (Å²) in [5, 5.41) is 21.1. The topological polar surface area (TPSA) is 69.6 Å². The lowest BCUT2D eigenvalue weighted by Gasteiger charge is -2.21. The maximum atomic E-state index is 10.8. The molecule has 0 amide bonds. The molecule has 0 aromatic heterocycles. The molecule has 0 bridgehead atoms. The third-order valence-corrected chi connectivity index (χ3v) is 2.53. The summed E-state index contributed by atoms with van der Waals surface area (Å²) in [5.74, 6) is -0.914. The Hall–Kier alpha value is -1.39.